The summed E-state index contributed by atoms with van der Waals surface area (Å²) < 4.78 is 12.5. The number of nitrogens with zero attached hydrogens (tertiary/aromatic N) is 3. The van der Waals surface area contributed by atoms with Crippen molar-refractivity contribution in [3.05, 3.63) is 58.9 Å². The van der Waals surface area contributed by atoms with Crippen molar-refractivity contribution in [2.24, 2.45) is 5.92 Å². The third kappa shape index (κ3) is 10.9. The van der Waals surface area contributed by atoms with Gasteiger partial charge < -0.3 is 23.8 Å². The molecule has 2 rings (SSSR count). The van der Waals surface area contributed by atoms with Crippen LogP contribution in [0.2, 0.25) is 5.02 Å². The molecule has 0 N–H and O–H groups in total. The lowest BCUT2D eigenvalue weighted by molar-refractivity contribution is -0.146. The van der Waals surface area contributed by atoms with E-state index in [1.54, 1.807) is 11.8 Å². The molecule has 0 fully saturated rings. The first-order valence-electron chi connectivity index (χ1n) is 13.4. The molecular weight excluding hydrogens is 506 g/mol. The molecule has 0 unspecified atom stereocenters. The summed E-state index contributed by atoms with van der Waals surface area (Å²) in [4.78, 5) is 41.7. The summed E-state index contributed by atoms with van der Waals surface area (Å²) in [7, 11) is 0. The van der Waals surface area contributed by atoms with Gasteiger partial charge in [0, 0.05) is 56.2 Å². The Morgan fingerprint density at radius 2 is 1.74 bits per heavy atom. The molecule has 1 aromatic carbocycles. The van der Waals surface area contributed by atoms with E-state index in [1.165, 1.54) is 4.90 Å². The fourth-order valence-electron chi connectivity index (χ4n) is 4.11. The molecule has 0 aliphatic heterocycles. The van der Waals surface area contributed by atoms with Crippen LogP contribution in [0.1, 0.15) is 58.2 Å². The van der Waals surface area contributed by atoms with Crippen molar-refractivity contribution in [2.75, 3.05) is 39.5 Å². The van der Waals surface area contributed by atoms with Crippen molar-refractivity contribution >= 4 is 29.4 Å². The molecular formula is C29H42ClN3O5. The van der Waals surface area contributed by atoms with E-state index in [-0.39, 0.29) is 43.7 Å². The van der Waals surface area contributed by atoms with E-state index in [0.29, 0.717) is 50.8 Å². The van der Waals surface area contributed by atoms with Crippen LogP contribution in [-0.4, -0.2) is 71.6 Å². The molecule has 0 aliphatic rings. The fourth-order valence-corrected chi connectivity index (χ4v) is 4.30. The second-order valence-electron chi connectivity index (χ2n) is 9.56. The van der Waals surface area contributed by atoms with E-state index in [0.717, 1.165) is 11.3 Å². The van der Waals surface area contributed by atoms with Gasteiger partial charge in [0.1, 0.15) is 0 Å². The minimum absolute atomic E-state index is 0.00557. The lowest BCUT2D eigenvalue weighted by Gasteiger charge is -2.29. The van der Waals surface area contributed by atoms with Gasteiger partial charge in [0.25, 0.3) is 0 Å². The van der Waals surface area contributed by atoms with Gasteiger partial charge in [-0.25, -0.2) is 0 Å². The van der Waals surface area contributed by atoms with Crippen molar-refractivity contribution < 1.29 is 23.9 Å². The molecule has 0 bridgehead atoms. The molecule has 9 heteroatoms. The molecule has 1 aromatic heterocycles. The Morgan fingerprint density at radius 3 is 2.42 bits per heavy atom. The van der Waals surface area contributed by atoms with Gasteiger partial charge in [0.15, 0.2) is 0 Å². The molecule has 210 valence electrons. The number of benzene rings is 1. The maximum Gasteiger partial charge on any atom is 0.306 e. The van der Waals surface area contributed by atoms with Crippen LogP contribution in [0.5, 0.6) is 0 Å². The van der Waals surface area contributed by atoms with Gasteiger partial charge in [-0.2, -0.15) is 0 Å². The Hall–Kier alpha value is -2.84. The van der Waals surface area contributed by atoms with Gasteiger partial charge in [-0.15, -0.1) is 0 Å². The van der Waals surface area contributed by atoms with Gasteiger partial charge in [-0.05, 0) is 49.9 Å². The molecule has 1 heterocycles. The van der Waals surface area contributed by atoms with Crippen LogP contribution in [0.3, 0.4) is 0 Å². The molecule has 0 spiro atoms. The molecule has 0 radical (unpaired) electrons. The number of carbonyl (C=O) groups excluding carboxylic acids is 3. The number of esters is 1. The number of rotatable bonds is 17. The first-order valence-corrected chi connectivity index (χ1v) is 13.8. The van der Waals surface area contributed by atoms with Crippen LogP contribution in [0.15, 0.2) is 42.6 Å². The standard InChI is InChI=1S/C29H42ClN3O5/c1-5-37-18-10-17-32(27(34)14-15-29(36)38-6-2)22-28(35)33(19-23(3)4)21-25-12-9-16-31(25)20-24-11-7-8-13-26(24)30/h7-9,11-13,16,23H,5-6,10,14-15,17-22H2,1-4H3. The molecule has 2 amide bonds. The van der Waals surface area contributed by atoms with Crippen LogP contribution in [0, 0.1) is 5.92 Å². The molecule has 0 saturated heterocycles. The zero-order chi connectivity index (χ0) is 27.9. The Balaban J connectivity index is 2.14. The van der Waals surface area contributed by atoms with Gasteiger partial charge in [-0.3, -0.25) is 14.4 Å². The molecule has 8 nitrogen and oxygen atoms in total. The quantitative estimate of drug-likeness (QED) is 0.210. The highest BCUT2D eigenvalue weighted by molar-refractivity contribution is 6.31. The third-order valence-electron chi connectivity index (χ3n) is 5.96. The van der Waals surface area contributed by atoms with Gasteiger partial charge >= 0.3 is 5.97 Å². The Kier molecular flexibility index (Phi) is 13.9. The SMILES string of the molecule is CCOCCCN(CC(=O)N(Cc1cccn1Cc1ccccc1Cl)CC(C)C)C(=O)CCC(=O)OCC. The lowest BCUT2D eigenvalue weighted by atomic mass is 10.2. The summed E-state index contributed by atoms with van der Waals surface area (Å²) in [5, 5.41) is 0.700. The maximum atomic E-state index is 13.6. The Morgan fingerprint density at radius 1 is 0.974 bits per heavy atom. The van der Waals surface area contributed by atoms with Crippen molar-refractivity contribution in [3.8, 4) is 0 Å². The van der Waals surface area contributed by atoms with Gasteiger partial charge in [0.2, 0.25) is 11.8 Å². The number of aromatic nitrogens is 1. The van der Waals surface area contributed by atoms with E-state index in [4.69, 9.17) is 21.1 Å². The topological polar surface area (TPSA) is 81.1 Å². The Labute approximate surface area is 231 Å². The average Bonchev–Trinajstić information content (AvgIpc) is 3.31. The smallest absolute Gasteiger partial charge is 0.306 e. The fraction of sp³-hybridized carbons (Fsp3) is 0.552. The highest BCUT2D eigenvalue weighted by Gasteiger charge is 2.23. The largest absolute Gasteiger partial charge is 0.466 e. The van der Waals surface area contributed by atoms with E-state index in [1.807, 2.05) is 49.5 Å². The first-order chi connectivity index (χ1) is 18.2. The minimum atomic E-state index is -0.415. The minimum Gasteiger partial charge on any atom is -0.466 e. The predicted molar refractivity (Wildman–Crippen MR) is 149 cm³/mol. The highest BCUT2D eigenvalue weighted by atomic mass is 35.5. The first kappa shape index (κ1) is 31.4. The number of amides is 2. The van der Waals surface area contributed by atoms with Crippen molar-refractivity contribution in [1.82, 2.24) is 14.4 Å². The Bertz CT molecular complexity index is 1020. The molecule has 0 aliphatic carbocycles. The van der Waals surface area contributed by atoms with Crippen LogP contribution >= 0.6 is 11.6 Å². The number of ether oxygens (including phenoxy) is 2. The number of halogens is 1. The van der Waals surface area contributed by atoms with Crippen LogP contribution in [0.25, 0.3) is 0 Å². The predicted octanol–water partition coefficient (Wildman–Crippen LogP) is 4.77. The summed E-state index contributed by atoms with van der Waals surface area (Å²) in [6, 6.07) is 11.7. The highest BCUT2D eigenvalue weighted by Crippen LogP contribution is 2.19. The zero-order valence-corrected chi connectivity index (χ0v) is 23.9. The second kappa shape index (κ2) is 16.9. The average molecular weight is 548 g/mol. The van der Waals surface area contributed by atoms with Gasteiger partial charge in [0.05, 0.1) is 26.1 Å². The molecule has 2 aromatic rings. The van der Waals surface area contributed by atoms with Crippen LogP contribution in [0.4, 0.5) is 0 Å². The summed E-state index contributed by atoms with van der Waals surface area (Å²) >= 11 is 6.38. The van der Waals surface area contributed by atoms with E-state index in [2.05, 4.69) is 18.4 Å². The third-order valence-corrected chi connectivity index (χ3v) is 6.33. The van der Waals surface area contributed by atoms with Crippen molar-refractivity contribution in [3.63, 3.8) is 0 Å². The monoisotopic (exact) mass is 547 g/mol. The summed E-state index contributed by atoms with van der Waals surface area (Å²) in [5.41, 5.74) is 1.98. The maximum absolute atomic E-state index is 13.6. The van der Waals surface area contributed by atoms with E-state index >= 15 is 0 Å². The number of hydrogen-bond donors (Lipinski definition) is 0. The lowest BCUT2D eigenvalue weighted by Crippen LogP contribution is -2.44. The molecule has 0 saturated carbocycles. The number of carbonyl (C=O) groups is 3. The second-order valence-corrected chi connectivity index (χ2v) is 9.96. The van der Waals surface area contributed by atoms with Gasteiger partial charge in [-0.1, -0.05) is 43.6 Å². The van der Waals surface area contributed by atoms with E-state index < -0.39 is 5.97 Å². The normalized spacial score (nSPS) is 11.0. The van der Waals surface area contributed by atoms with Crippen molar-refractivity contribution in [1.29, 1.82) is 0 Å². The number of hydrogen-bond acceptors (Lipinski definition) is 5. The van der Waals surface area contributed by atoms with E-state index in [9.17, 15) is 14.4 Å². The molecule has 0 atom stereocenters. The van der Waals surface area contributed by atoms with Crippen molar-refractivity contribution in [2.45, 2.75) is 60.0 Å². The summed E-state index contributed by atoms with van der Waals surface area (Å²) in [6.07, 6.45) is 2.59. The van der Waals surface area contributed by atoms with Crippen LogP contribution in [-0.2, 0) is 36.9 Å². The summed E-state index contributed by atoms with van der Waals surface area (Å²) in [6.45, 7) is 11.0. The van der Waals surface area contributed by atoms with Crippen LogP contribution < -0.4 is 0 Å². The molecule has 38 heavy (non-hydrogen) atoms. The summed E-state index contributed by atoms with van der Waals surface area (Å²) in [5.74, 6) is -0.543. The zero-order valence-electron chi connectivity index (χ0n) is 23.2.